The normalized spacial score (nSPS) is 17.6. The highest BCUT2D eigenvalue weighted by atomic mass is 16.5. The Bertz CT molecular complexity index is 255. The number of carbonyl (C=O) groups is 1. The Morgan fingerprint density at radius 1 is 1.42 bits per heavy atom. The van der Waals surface area contributed by atoms with E-state index in [1.807, 2.05) is 13.8 Å². The van der Waals surface area contributed by atoms with Crippen molar-refractivity contribution < 1.29 is 14.6 Å². The molecule has 0 aromatic carbocycles. The maximum absolute atomic E-state index is 11.9. The maximum atomic E-state index is 11.9. The lowest BCUT2D eigenvalue weighted by Gasteiger charge is -2.24. The summed E-state index contributed by atoms with van der Waals surface area (Å²) in [7, 11) is 1.59. The number of hydrogen-bond donors (Lipinski definition) is 3. The number of nitrogens with two attached hydrogens (primary N) is 1. The number of nitrogens with one attached hydrogen (secondary N) is 1. The van der Waals surface area contributed by atoms with Gasteiger partial charge in [0.05, 0.1) is 5.60 Å². The predicted octanol–water partition coefficient (Wildman–Crippen LogP) is 1.04. The van der Waals surface area contributed by atoms with E-state index < -0.39 is 5.60 Å². The molecule has 0 aromatic rings. The lowest BCUT2D eigenvalue weighted by molar-refractivity contribution is -0.126. The molecular weight excluding hydrogens is 244 g/mol. The van der Waals surface area contributed by atoms with Crippen LogP contribution in [-0.4, -0.2) is 42.9 Å². The first-order valence-corrected chi connectivity index (χ1v) is 7.03. The van der Waals surface area contributed by atoms with Gasteiger partial charge < -0.3 is 20.9 Å². The van der Waals surface area contributed by atoms with Gasteiger partial charge in [0.2, 0.25) is 5.91 Å². The van der Waals surface area contributed by atoms with Crippen molar-refractivity contribution in [3.63, 3.8) is 0 Å². The number of hydrogen-bond acceptors (Lipinski definition) is 4. The molecule has 3 atom stereocenters. The molecule has 0 bridgehead atoms. The predicted molar refractivity (Wildman–Crippen MR) is 76.8 cm³/mol. The minimum absolute atomic E-state index is 0.0117. The molecule has 0 aliphatic carbocycles. The quantitative estimate of drug-likeness (QED) is 0.556. The van der Waals surface area contributed by atoms with Gasteiger partial charge >= 0.3 is 0 Å². The van der Waals surface area contributed by atoms with Gasteiger partial charge in [-0.2, -0.15) is 0 Å². The smallest absolute Gasteiger partial charge is 0.222 e. The lowest BCUT2D eigenvalue weighted by Crippen LogP contribution is -2.43. The summed E-state index contributed by atoms with van der Waals surface area (Å²) in [5, 5.41) is 12.8. The Morgan fingerprint density at radius 3 is 2.58 bits per heavy atom. The van der Waals surface area contributed by atoms with Crippen molar-refractivity contribution in [2.24, 2.45) is 11.7 Å². The molecule has 0 aliphatic rings. The van der Waals surface area contributed by atoms with E-state index in [2.05, 4.69) is 5.32 Å². The van der Waals surface area contributed by atoms with Gasteiger partial charge in [0.1, 0.15) is 0 Å². The zero-order chi connectivity index (χ0) is 14.9. The van der Waals surface area contributed by atoms with Crippen molar-refractivity contribution in [3.05, 3.63) is 0 Å². The first-order valence-electron chi connectivity index (χ1n) is 7.03. The van der Waals surface area contributed by atoms with Crippen molar-refractivity contribution in [2.45, 2.75) is 58.1 Å². The zero-order valence-corrected chi connectivity index (χ0v) is 12.7. The molecule has 19 heavy (non-hydrogen) atoms. The number of methoxy groups -OCH3 is 1. The number of amides is 1. The van der Waals surface area contributed by atoms with Crippen LogP contribution in [0.4, 0.5) is 0 Å². The van der Waals surface area contributed by atoms with Crippen molar-refractivity contribution in [2.75, 3.05) is 20.3 Å². The van der Waals surface area contributed by atoms with Gasteiger partial charge in [0, 0.05) is 38.6 Å². The minimum Gasteiger partial charge on any atom is -0.388 e. The van der Waals surface area contributed by atoms with Crippen LogP contribution in [0.25, 0.3) is 0 Å². The fourth-order valence-corrected chi connectivity index (χ4v) is 1.74. The molecule has 0 aliphatic heterocycles. The summed E-state index contributed by atoms with van der Waals surface area (Å²) in [5.74, 6) is -0.0562. The summed E-state index contributed by atoms with van der Waals surface area (Å²) in [5.41, 5.74) is 4.75. The average Bonchev–Trinajstić information content (AvgIpc) is 2.33. The monoisotopic (exact) mass is 274 g/mol. The highest BCUT2D eigenvalue weighted by Crippen LogP contribution is 2.11. The van der Waals surface area contributed by atoms with Gasteiger partial charge in [-0.15, -0.1) is 0 Å². The van der Waals surface area contributed by atoms with Gasteiger partial charge in [0.15, 0.2) is 0 Å². The van der Waals surface area contributed by atoms with E-state index >= 15 is 0 Å². The van der Waals surface area contributed by atoms with E-state index in [0.717, 1.165) is 19.3 Å². The molecule has 0 aromatic heterocycles. The molecule has 0 saturated heterocycles. The van der Waals surface area contributed by atoms with Crippen LogP contribution in [0.2, 0.25) is 0 Å². The van der Waals surface area contributed by atoms with Gasteiger partial charge in [0.25, 0.3) is 0 Å². The van der Waals surface area contributed by atoms with Crippen molar-refractivity contribution in [1.82, 2.24) is 5.32 Å². The van der Waals surface area contributed by atoms with Crippen molar-refractivity contribution in [3.8, 4) is 0 Å². The summed E-state index contributed by atoms with van der Waals surface area (Å²) in [4.78, 5) is 11.9. The van der Waals surface area contributed by atoms with E-state index in [9.17, 15) is 9.90 Å². The standard InChI is InChI=1S/C14H30N2O3/c1-11(6-5-7-12(2)15)13(17)16-10-14(3,18)8-9-19-4/h11-12,18H,5-10,15H2,1-4H3,(H,16,17). The summed E-state index contributed by atoms with van der Waals surface area (Å²) in [6, 6.07) is 0.185. The van der Waals surface area contributed by atoms with Crippen LogP contribution in [0.15, 0.2) is 0 Å². The van der Waals surface area contributed by atoms with Gasteiger partial charge in [-0.1, -0.05) is 13.3 Å². The Kier molecular flexibility index (Phi) is 8.97. The molecule has 1 amide bonds. The average molecular weight is 274 g/mol. The van der Waals surface area contributed by atoms with E-state index in [1.165, 1.54) is 0 Å². The number of carbonyl (C=O) groups excluding carboxylic acids is 1. The fourth-order valence-electron chi connectivity index (χ4n) is 1.74. The highest BCUT2D eigenvalue weighted by molar-refractivity contribution is 5.78. The Morgan fingerprint density at radius 2 is 2.05 bits per heavy atom. The molecule has 0 heterocycles. The first-order chi connectivity index (χ1) is 8.78. The van der Waals surface area contributed by atoms with Gasteiger partial charge in [-0.25, -0.2) is 0 Å². The Balaban J connectivity index is 3.89. The van der Waals surface area contributed by atoms with Crippen LogP contribution in [0.5, 0.6) is 0 Å². The second kappa shape index (κ2) is 9.28. The summed E-state index contributed by atoms with van der Waals surface area (Å²) in [6.45, 7) is 6.31. The molecule has 4 N–H and O–H groups in total. The number of aliphatic hydroxyl groups is 1. The van der Waals surface area contributed by atoms with Crippen LogP contribution < -0.4 is 11.1 Å². The van der Waals surface area contributed by atoms with Crippen molar-refractivity contribution >= 4 is 5.91 Å². The highest BCUT2D eigenvalue weighted by Gasteiger charge is 2.22. The molecule has 0 radical (unpaired) electrons. The summed E-state index contributed by atoms with van der Waals surface area (Å²) >= 11 is 0. The van der Waals surface area contributed by atoms with Crippen LogP contribution >= 0.6 is 0 Å². The van der Waals surface area contributed by atoms with Crippen LogP contribution in [0, 0.1) is 5.92 Å². The molecule has 0 spiro atoms. The molecular formula is C14H30N2O3. The molecule has 0 saturated carbocycles. The third-order valence-corrected chi connectivity index (χ3v) is 3.23. The molecule has 3 unspecified atom stereocenters. The van der Waals surface area contributed by atoms with Crippen LogP contribution in [0.1, 0.15) is 46.5 Å². The SMILES string of the molecule is COCCC(C)(O)CNC(=O)C(C)CCCC(C)N. The van der Waals surface area contributed by atoms with Crippen LogP contribution in [0.3, 0.4) is 0 Å². The van der Waals surface area contributed by atoms with E-state index in [-0.39, 0.29) is 24.4 Å². The molecule has 0 fully saturated rings. The Hall–Kier alpha value is -0.650. The summed E-state index contributed by atoms with van der Waals surface area (Å²) < 4.78 is 4.92. The minimum atomic E-state index is -0.919. The van der Waals surface area contributed by atoms with Crippen LogP contribution in [-0.2, 0) is 9.53 Å². The zero-order valence-electron chi connectivity index (χ0n) is 12.7. The van der Waals surface area contributed by atoms with Crippen molar-refractivity contribution in [1.29, 1.82) is 0 Å². The first kappa shape index (κ1) is 18.4. The Labute approximate surface area is 116 Å². The molecule has 5 nitrogen and oxygen atoms in total. The second-order valence-electron chi connectivity index (χ2n) is 5.77. The second-order valence-corrected chi connectivity index (χ2v) is 5.77. The number of ether oxygens (including phenoxy) is 1. The van der Waals surface area contributed by atoms with Gasteiger partial charge in [-0.3, -0.25) is 4.79 Å². The third kappa shape index (κ3) is 9.87. The van der Waals surface area contributed by atoms with E-state index in [1.54, 1.807) is 14.0 Å². The lowest BCUT2D eigenvalue weighted by atomic mass is 9.99. The van der Waals surface area contributed by atoms with E-state index in [0.29, 0.717) is 13.0 Å². The fraction of sp³-hybridized carbons (Fsp3) is 0.929. The van der Waals surface area contributed by atoms with E-state index in [4.69, 9.17) is 10.5 Å². The molecule has 0 rings (SSSR count). The maximum Gasteiger partial charge on any atom is 0.222 e. The van der Waals surface area contributed by atoms with Gasteiger partial charge in [-0.05, 0) is 26.7 Å². The summed E-state index contributed by atoms with van der Waals surface area (Å²) in [6.07, 6.45) is 3.21. The molecule has 114 valence electrons. The third-order valence-electron chi connectivity index (χ3n) is 3.23. The largest absolute Gasteiger partial charge is 0.388 e. The number of rotatable bonds is 10. The topological polar surface area (TPSA) is 84.6 Å². The molecule has 5 heteroatoms.